The first-order valence-electron chi connectivity index (χ1n) is 10.0. The summed E-state index contributed by atoms with van der Waals surface area (Å²) >= 11 is 0. The van der Waals surface area contributed by atoms with Crippen LogP contribution in [0.2, 0.25) is 0 Å². The lowest BCUT2D eigenvalue weighted by Crippen LogP contribution is -2.00. The van der Waals surface area contributed by atoms with Gasteiger partial charge in [-0.3, -0.25) is 0 Å². The molecule has 0 aromatic heterocycles. The van der Waals surface area contributed by atoms with Gasteiger partial charge in [0.15, 0.2) is 5.90 Å². The van der Waals surface area contributed by atoms with E-state index in [2.05, 4.69) is 18.8 Å². The fourth-order valence-corrected chi connectivity index (χ4v) is 3.14. The van der Waals surface area contributed by atoms with Crippen molar-refractivity contribution in [2.24, 2.45) is 4.99 Å². The molecule has 0 saturated carbocycles. The first kappa shape index (κ1) is 19.5. The van der Waals surface area contributed by atoms with Crippen molar-refractivity contribution in [3.05, 3.63) is 0 Å². The summed E-state index contributed by atoms with van der Waals surface area (Å²) in [5.74, 6) is 1.01. The maximum atomic E-state index is 5.53. The summed E-state index contributed by atoms with van der Waals surface area (Å²) in [5, 5.41) is 0. The molecule has 1 heterocycles. The lowest BCUT2D eigenvalue weighted by Gasteiger charge is -2.03. The molecule has 0 aromatic carbocycles. The number of unbranched alkanes of at least 4 members (excludes halogenated alkanes) is 13. The van der Waals surface area contributed by atoms with Gasteiger partial charge in [-0.1, -0.05) is 90.4 Å². The van der Waals surface area contributed by atoms with Crippen LogP contribution in [0.4, 0.5) is 0 Å². The standard InChI is InChI=1S/C20H39NO/c1-3-4-5-6-7-8-9-10-11-12-13-14-15-16-17-20-21-19(2)18-22-20/h19H,3-18H2,1-2H3. The Hall–Kier alpha value is -0.530. The predicted molar refractivity (Wildman–Crippen MR) is 97.8 cm³/mol. The Morgan fingerprint density at radius 1 is 0.773 bits per heavy atom. The van der Waals surface area contributed by atoms with E-state index in [4.69, 9.17) is 4.74 Å². The Morgan fingerprint density at radius 2 is 1.23 bits per heavy atom. The molecule has 22 heavy (non-hydrogen) atoms. The average Bonchev–Trinajstić information content (AvgIpc) is 2.93. The number of nitrogens with zero attached hydrogens (tertiary/aromatic N) is 1. The molecule has 1 rings (SSSR count). The second-order valence-corrected chi connectivity index (χ2v) is 7.03. The van der Waals surface area contributed by atoms with E-state index in [0.29, 0.717) is 6.04 Å². The molecule has 0 aliphatic carbocycles. The van der Waals surface area contributed by atoms with Crippen LogP contribution in [0.1, 0.15) is 110 Å². The molecule has 2 heteroatoms. The first-order chi connectivity index (χ1) is 10.8. The first-order valence-corrected chi connectivity index (χ1v) is 10.0. The van der Waals surface area contributed by atoms with Crippen LogP contribution in [0.5, 0.6) is 0 Å². The molecule has 0 radical (unpaired) electrons. The fraction of sp³-hybridized carbons (Fsp3) is 0.950. The van der Waals surface area contributed by atoms with E-state index < -0.39 is 0 Å². The average molecular weight is 310 g/mol. The summed E-state index contributed by atoms with van der Waals surface area (Å²) in [5.41, 5.74) is 0. The summed E-state index contributed by atoms with van der Waals surface area (Å²) in [4.78, 5) is 4.48. The molecule has 1 unspecified atom stereocenters. The Bertz CT molecular complexity index is 275. The highest BCUT2D eigenvalue weighted by Gasteiger charge is 2.12. The molecule has 0 N–H and O–H groups in total. The highest BCUT2D eigenvalue weighted by atomic mass is 16.5. The van der Waals surface area contributed by atoms with Gasteiger partial charge in [0.05, 0.1) is 6.04 Å². The number of ether oxygens (including phenoxy) is 1. The van der Waals surface area contributed by atoms with Gasteiger partial charge >= 0.3 is 0 Å². The summed E-state index contributed by atoms with van der Waals surface area (Å²) in [7, 11) is 0. The van der Waals surface area contributed by atoms with Gasteiger partial charge in [0.1, 0.15) is 6.61 Å². The van der Waals surface area contributed by atoms with Crippen molar-refractivity contribution in [1.29, 1.82) is 0 Å². The highest BCUT2D eigenvalue weighted by Crippen LogP contribution is 2.14. The van der Waals surface area contributed by atoms with Gasteiger partial charge in [0.2, 0.25) is 0 Å². The number of aliphatic imine (C=N–C) groups is 1. The van der Waals surface area contributed by atoms with Crippen molar-refractivity contribution in [3.63, 3.8) is 0 Å². The zero-order valence-corrected chi connectivity index (χ0v) is 15.2. The molecule has 2 nitrogen and oxygen atoms in total. The molecule has 0 amide bonds. The van der Waals surface area contributed by atoms with Crippen LogP contribution in [0.3, 0.4) is 0 Å². The van der Waals surface area contributed by atoms with Crippen molar-refractivity contribution in [3.8, 4) is 0 Å². The third-order valence-electron chi connectivity index (χ3n) is 4.60. The molecular formula is C20H39NO. The fourth-order valence-electron chi connectivity index (χ4n) is 3.14. The maximum absolute atomic E-state index is 5.53. The van der Waals surface area contributed by atoms with Crippen LogP contribution in [0.15, 0.2) is 4.99 Å². The Balaban J connectivity index is 1.71. The third-order valence-corrected chi connectivity index (χ3v) is 4.60. The maximum Gasteiger partial charge on any atom is 0.183 e. The van der Waals surface area contributed by atoms with E-state index in [9.17, 15) is 0 Å². The van der Waals surface area contributed by atoms with Crippen LogP contribution >= 0.6 is 0 Å². The SMILES string of the molecule is CCCCCCCCCCCCCCCCC1=NC(C)CO1. The molecule has 1 aliphatic rings. The van der Waals surface area contributed by atoms with Crippen molar-refractivity contribution >= 4 is 5.90 Å². The summed E-state index contributed by atoms with van der Waals surface area (Å²) in [6.07, 6.45) is 20.9. The van der Waals surface area contributed by atoms with Crippen molar-refractivity contribution in [2.75, 3.05) is 6.61 Å². The smallest absolute Gasteiger partial charge is 0.183 e. The molecular weight excluding hydrogens is 270 g/mol. The molecule has 0 aromatic rings. The van der Waals surface area contributed by atoms with Crippen molar-refractivity contribution < 1.29 is 4.74 Å². The monoisotopic (exact) mass is 309 g/mol. The predicted octanol–water partition coefficient (Wildman–Crippen LogP) is 6.68. The van der Waals surface area contributed by atoms with Crippen molar-refractivity contribution in [1.82, 2.24) is 0 Å². The normalized spacial score (nSPS) is 17.5. The van der Waals surface area contributed by atoms with Crippen LogP contribution in [0, 0.1) is 0 Å². The minimum atomic E-state index is 0.390. The second kappa shape index (κ2) is 14.1. The van der Waals surface area contributed by atoms with Crippen LogP contribution in [-0.2, 0) is 4.74 Å². The minimum Gasteiger partial charge on any atom is -0.479 e. The Kier molecular flexibility index (Phi) is 12.5. The van der Waals surface area contributed by atoms with Crippen LogP contribution < -0.4 is 0 Å². The topological polar surface area (TPSA) is 21.6 Å². The zero-order valence-electron chi connectivity index (χ0n) is 15.2. The van der Waals surface area contributed by atoms with Gasteiger partial charge in [0.25, 0.3) is 0 Å². The number of hydrogen-bond acceptors (Lipinski definition) is 2. The van der Waals surface area contributed by atoms with E-state index in [-0.39, 0.29) is 0 Å². The highest BCUT2D eigenvalue weighted by molar-refractivity contribution is 5.77. The van der Waals surface area contributed by atoms with E-state index in [0.717, 1.165) is 18.9 Å². The zero-order chi connectivity index (χ0) is 15.9. The van der Waals surface area contributed by atoms with E-state index >= 15 is 0 Å². The second-order valence-electron chi connectivity index (χ2n) is 7.03. The van der Waals surface area contributed by atoms with Gasteiger partial charge in [-0.25, -0.2) is 4.99 Å². The Labute approximate surface area is 139 Å². The van der Waals surface area contributed by atoms with Gasteiger partial charge < -0.3 is 4.74 Å². The van der Waals surface area contributed by atoms with E-state index in [1.165, 1.54) is 89.9 Å². The number of rotatable bonds is 15. The Morgan fingerprint density at radius 3 is 1.64 bits per heavy atom. The quantitative estimate of drug-likeness (QED) is 0.309. The lowest BCUT2D eigenvalue weighted by atomic mass is 10.0. The molecule has 1 atom stereocenters. The summed E-state index contributed by atoms with van der Waals surface area (Å²) < 4.78 is 5.53. The molecule has 0 saturated heterocycles. The molecule has 130 valence electrons. The minimum absolute atomic E-state index is 0.390. The summed E-state index contributed by atoms with van der Waals surface area (Å²) in [6, 6.07) is 0.390. The largest absolute Gasteiger partial charge is 0.479 e. The molecule has 1 aliphatic heterocycles. The van der Waals surface area contributed by atoms with Crippen LogP contribution in [-0.4, -0.2) is 18.5 Å². The van der Waals surface area contributed by atoms with Gasteiger partial charge in [0, 0.05) is 6.42 Å². The summed E-state index contributed by atoms with van der Waals surface area (Å²) in [6.45, 7) is 5.21. The number of hydrogen-bond donors (Lipinski definition) is 0. The van der Waals surface area contributed by atoms with E-state index in [1.54, 1.807) is 0 Å². The van der Waals surface area contributed by atoms with Gasteiger partial charge in [-0.15, -0.1) is 0 Å². The molecule has 0 fully saturated rings. The van der Waals surface area contributed by atoms with Gasteiger partial charge in [-0.05, 0) is 13.3 Å². The van der Waals surface area contributed by atoms with Crippen molar-refractivity contribution in [2.45, 2.75) is 116 Å². The van der Waals surface area contributed by atoms with E-state index in [1.807, 2.05) is 0 Å². The molecule has 0 spiro atoms. The van der Waals surface area contributed by atoms with Crippen LogP contribution in [0.25, 0.3) is 0 Å². The van der Waals surface area contributed by atoms with Gasteiger partial charge in [-0.2, -0.15) is 0 Å². The molecule has 0 bridgehead atoms. The lowest BCUT2D eigenvalue weighted by molar-refractivity contribution is 0.314. The third kappa shape index (κ3) is 11.1.